The molecule has 0 aliphatic heterocycles. The number of amides is 1. The number of anilines is 1. The van der Waals surface area contributed by atoms with E-state index < -0.39 is 0 Å². The Balaban J connectivity index is 1.61. The summed E-state index contributed by atoms with van der Waals surface area (Å²) in [7, 11) is 4.74. The monoisotopic (exact) mass is 405 g/mol. The van der Waals surface area contributed by atoms with Gasteiger partial charge >= 0.3 is 0 Å². The lowest BCUT2D eigenvalue weighted by molar-refractivity contribution is -0.111. The molecule has 0 atom stereocenters. The SMILES string of the molecule is COc1ccc(/C=C/C(=O)Nc2ccc(Oc3ccccc3OC)cc2)cc1OC. The maximum absolute atomic E-state index is 12.2. The number of carbonyl (C=O) groups excluding carboxylic acids is 1. The second-order valence-corrected chi connectivity index (χ2v) is 6.21. The van der Waals surface area contributed by atoms with Crippen molar-refractivity contribution >= 4 is 17.7 Å². The van der Waals surface area contributed by atoms with Crippen molar-refractivity contribution in [2.45, 2.75) is 0 Å². The summed E-state index contributed by atoms with van der Waals surface area (Å²) in [6.07, 6.45) is 3.16. The van der Waals surface area contributed by atoms with Crippen LogP contribution in [0.3, 0.4) is 0 Å². The van der Waals surface area contributed by atoms with Gasteiger partial charge in [0.1, 0.15) is 5.75 Å². The molecule has 0 saturated carbocycles. The van der Waals surface area contributed by atoms with Crippen molar-refractivity contribution in [3.05, 3.63) is 78.4 Å². The van der Waals surface area contributed by atoms with Crippen LogP contribution in [0.25, 0.3) is 6.08 Å². The molecule has 154 valence electrons. The summed E-state index contributed by atoms with van der Waals surface area (Å²) in [4.78, 5) is 12.2. The minimum atomic E-state index is -0.247. The third kappa shape index (κ3) is 5.32. The molecule has 0 radical (unpaired) electrons. The normalized spacial score (nSPS) is 10.5. The average Bonchev–Trinajstić information content (AvgIpc) is 2.79. The summed E-state index contributed by atoms with van der Waals surface area (Å²) in [6.45, 7) is 0. The first-order valence-electron chi connectivity index (χ1n) is 9.25. The van der Waals surface area contributed by atoms with E-state index in [-0.39, 0.29) is 5.91 Å². The number of ether oxygens (including phenoxy) is 4. The molecular formula is C24H23NO5. The standard InChI is InChI=1S/C24H23NO5/c1-27-20-6-4-5-7-22(20)30-19-12-10-18(11-13-19)25-24(26)15-9-17-8-14-21(28-2)23(16-17)29-3/h4-16H,1-3H3,(H,25,26)/b15-9+. The van der Waals surface area contributed by atoms with Crippen molar-refractivity contribution < 1.29 is 23.7 Å². The molecule has 3 rings (SSSR count). The molecule has 0 unspecified atom stereocenters. The Bertz CT molecular complexity index is 1030. The number of benzene rings is 3. The minimum absolute atomic E-state index is 0.247. The van der Waals surface area contributed by atoms with Gasteiger partial charge in [0, 0.05) is 11.8 Å². The minimum Gasteiger partial charge on any atom is -0.493 e. The van der Waals surface area contributed by atoms with E-state index in [1.165, 1.54) is 6.08 Å². The van der Waals surface area contributed by atoms with Crippen LogP contribution in [0.4, 0.5) is 5.69 Å². The fraction of sp³-hybridized carbons (Fsp3) is 0.125. The van der Waals surface area contributed by atoms with Crippen LogP contribution >= 0.6 is 0 Å². The lowest BCUT2D eigenvalue weighted by Gasteiger charge is -2.10. The van der Waals surface area contributed by atoms with E-state index in [9.17, 15) is 4.79 Å². The van der Waals surface area contributed by atoms with Crippen LogP contribution in [-0.4, -0.2) is 27.2 Å². The fourth-order valence-corrected chi connectivity index (χ4v) is 2.75. The van der Waals surface area contributed by atoms with Crippen LogP contribution in [0.2, 0.25) is 0 Å². The molecule has 30 heavy (non-hydrogen) atoms. The van der Waals surface area contributed by atoms with Gasteiger partial charge in [-0.1, -0.05) is 18.2 Å². The van der Waals surface area contributed by atoms with Gasteiger partial charge in [0.15, 0.2) is 23.0 Å². The van der Waals surface area contributed by atoms with Crippen molar-refractivity contribution in [1.29, 1.82) is 0 Å². The summed E-state index contributed by atoms with van der Waals surface area (Å²) in [6, 6.07) is 19.9. The highest BCUT2D eigenvalue weighted by Crippen LogP contribution is 2.31. The van der Waals surface area contributed by atoms with Crippen LogP contribution in [0, 0.1) is 0 Å². The second-order valence-electron chi connectivity index (χ2n) is 6.21. The Kier molecular flexibility index (Phi) is 6.95. The Morgan fingerprint density at radius 2 is 1.40 bits per heavy atom. The highest BCUT2D eigenvalue weighted by atomic mass is 16.5. The van der Waals surface area contributed by atoms with E-state index in [1.807, 2.05) is 30.3 Å². The highest BCUT2D eigenvalue weighted by molar-refractivity contribution is 6.02. The number of hydrogen-bond donors (Lipinski definition) is 1. The van der Waals surface area contributed by atoms with Crippen molar-refractivity contribution in [2.75, 3.05) is 26.6 Å². The molecule has 6 heteroatoms. The van der Waals surface area contributed by atoms with E-state index in [1.54, 1.807) is 63.8 Å². The van der Waals surface area contributed by atoms with E-state index in [0.29, 0.717) is 34.4 Å². The van der Waals surface area contributed by atoms with Gasteiger partial charge < -0.3 is 24.3 Å². The first kappa shape index (κ1) is 20.8. The number of carbonyl (C=O) groups is 1. The molecule has 1 N–H and O–H groups in total. The number of hydrogen-bond acceptors (Lipinski definition) is 5. The summed E-state index contributed by atoms with van der Waals surface area (Å²) >= 11 is 0. The summed E-state index contributed by atoms with van der Waals surface area (Å²) < 4.78 is 21.6. The molecular weight excluding hydrogens is 382 g/mol. The van der Waals surface area contributed by atoms with E-state index >= 15 is 0 Å². The van der Waals surface area contributed by atoms with Gasteiger partial charge in [-0.25, -0.2) is 0 Å². The molecule has 1 amide bonds. The zero-order chi connectivity index (χ0) is 21.3. The molecule has 0 heterocycles. The van der Waals surface area contributed by atoms with E-state index in [0.717, 1.165) is 5.56 Å². The summed E-state index contributed by atoms with van der Waals surface area (Å²) in [5.41, 5.74) is 1.48. The van der Waals surface area contributed by atoms with Crippen LogP contribution in [0.5, 0.6) is 28.7 Å². The van der Waals surface area contributed by atoms with Crippen LogP contribution in [0.1, 0.15) is 5.56 Å². The summed E-state index contributed by atoms with van der Waals surface area (Å²) in [5, 5.41) is 2.82. The first-order valence-corrected chi connectivity index (χ1v) is 9.25. The molecule has 3 aromatic carbocycles. The Labute approximate surface area is 175 Å². The van der Waals surface area contributed by atoms with Crippen molar-refractivity contribution in [1.82, 2.24) is 0 Å². The Hall–Kier alpha value is -3.93. The van der Waals surface area contributed by atoms with Crippen molar-refractivity contribution in [3.63, 3.8) is 0 Å². The van der Waals surface area contributed by atoms with Gasteiger partial charge in [0.25, 0.3) is 0 Å². The zero-order valence-corrected chi connectivity index (χ0v) is 17.0. The second kappa shape index (κ2) is 10.0. The van der Waals surface area contributed by atoms with Gasteiger partial charge in [-0.05, 0) is 60.2 Å². The topological polar surface area (TPSA) is 66.0 Å². The maximum Gasteiger partial charge on any atom is 0.248 e. The number of nitrogens with one attached hydrogen (secondary N) is 1. The van der Waals surface area contributed by atoms with Gasteiger partial charge in [0.2, 0.25) is 5.91 Å². The fourth-order valence-electron chi connectivity index (χ4n) is 2.75. The lowest BCUT2D eigenvalue weighted by Crippen LogP contribution is -2.07. The van der Waals surface area contributed by atoms with Gasteiger partial charge in [-0.15, -0.1) is 0 Å². The quantitative estimate of drug-likeness (QED) is 0.525. The smallest absolute Gasteiger partial charge is 0.248 e. The number of rotatable bonds is 8. The molecule has 0 aliphatic rings. The molecule has 0 aliphatic carbocycles. The first-order chi connectivity index (χ1) is 14.6. The lowest BCUT2D eigenvalue weighted by atomic mass is 10.2. The number of methoxy groups -OCH3 is 3. The van der Waals surface area contributed by atoms with E-state index in [4.69, 9.17) is 18.9 Å². The van der Waals surface area contributed by atoms with Gasteiger partial charge in [-0.2, -0.15) is 0 Å². The third-order valence-corrected chi connectivity index (χ3v) is 4.25. The predicted octanol–water partition coefficient (Wildman–Crippen LogP) is 5.16. The summed E-state index contributed by atoms with van der Waals surface area (Å²) in [5.74, 6) is 2.89. The Morgan fingerprint density at radius 3 is 2.07 bits per heavy atom. The van der Waals surface area contributed by atoms with Gasteiger partial charge in [0.05, 0.1) is 21.3 Å². The Morgan fingerprint density at radius 1 is 0.767 bits per heavy atom. The molecule has 6 nitrogen and oxygen atoms in total. The maximum atomic E-state index is 12.2. The van der Waals surface area contributed by atoms with Gasteiger partial charge in [-0.3, -0.25) is 4.79 Å². The van der Waals surface area contributed by atoms with Crippen LogP contribution < -0.4 is 24.3 Å². The van der Waals surface area contributed by atoms with Crippen LogP contribution in [-0.2, 0) is 4.79 Å². The molecule has 0 saturated heterocycles. The zero-order valence-electron chi connectivity index (χ0n) is 17.0. The van der Waals surface area contributed by atoms with Crippen LogP contribution in [0.15, 0.2) is 72.8 Å². The molecule has 0 aromatic heterocycles. The van der Waals surface area contributed by atoms with Crippen molar-refractivity contribution in [2.24, 2.45) is 0 Å². The van der Waals surface area contributed by atoms with E-state index in [2.05, 4.69) is 5.32 Å². The molecule has 0 fully saturated rings. The predicted molar refractivity (Wildman–Crippen MR) is 117 cm³/mol. The van der Waals surface area contributed by atoms with Crippen molar-refractivity contribution in [3.8, 4) is 28.7 Å². The molecule has 3 aromatic rings. The highest BCUT2D eigenvalue weighted by Gasteiger charge is 2.06. The number of para-hydroxylation sites is 2. The molecule has 0 spiro atoms. The molecule has 0 bridgehead atoms. The average molecular weight is 405 g/mol. The largest absolute Gasteiger partial charge is 0.493 e. The third-order valence-electron chi connectivity index (χ3n) is 4.25.